The van der Waals surface area contributed by atoms with Gasteiger partial charge in [0.25, 0.3) is 0 Å². The minimum Gasteiger partial charge on any atom is -0.511 e. The number of ether oxygens (including phenoxy) is 3. The molecular formula is C31H28O11. The van der Waals surface area contributed by atoms with Crippen molar-refractivity contribution >= 4 is 33.5 Å². The van der Waals surface area contributed by atoms with E-state index < -0.39 is 67.2 Å². The minimum atomic E-state index is -2.05. The van der Waals surface area contributed by atoms with Crippen LogP contribution in [0.5, 0.6) is 5.75 Å². The van der Waals surface area contributed by atoms with Crippen molar-refractivity contribution in [3.63, 3.8) is 0 Å². The van der Waals surface area contributed by atoms with E-state index in [1.54, 1.807) is 27.7 Å². The second-order valence-corrected chi connectivity index (χ2v) is 11.7. The average Bonchev–Trinajstić information content (AvgIpc) is 3.34. The Kier molecular flexibility index (Phi) is 5.42. The quantitative estimate of drug-likeness (QED) is 0.289. The zero-order valence-electron chi connectivity index (χ0n) is 23.5. The van der Waals surface area contributed by atoms with Crippen molar-refractivity contribution in [3.05, 3.63) is 79.0 Å². The molecular weight excluding hydrogens is 548 g/mol. The molecule has 3 aliphatic carbocycles. The summed E-state index contributed by atoms with van der Waals surface area (Å²) in [5.74, 6) is -1.72. The van der Waals surface area contributed by atoms with Crippen LogP contribution in [0.25, 0.3) is 33.5 Å². The van der Waals surface area contributed by atoms with Gasteiger partial charge in [-0.1, -0.05) is 0 Å². The van der Waals surface area contributed by atoms with Gasteiger partial charge in [-0.2, -0.15) is 0 Å². The highest BCUT2D eigenvalue weighted by molar-refractivity contribution is 6.08. The smallest absolute Gasteiger partial charge is 0.233 e. The van der Waals surface area contributed by atoms with Gasteiger partial charge in [-0.15, -0.1) is 0 Å². The van der Waals surface area contributed by atoms with E-state index in [2.05, 4.69) is 0 Å². The molecule has 6 unspecified atom stereocenters. The van der Waals surface area contributed by atoms with Crippen molar-refractivity contribution < 1.29 is 33.9 Å². The molecule has 1 aromatic carbocycles. The van der Waals surface area contributed by atoms with Gasteiger partial charge in [-0.05, 0) is 40.2 Å². The van der Waals surface area contributed by atoms with E-state index in [9.17, 15) is 34.5 Å². The lowest BCUT2D eigenvalue weighted by molar-refractivity contribution is -0.166. The third-order valence-electron chi connectivity index (χ3n) is 9.29. The largest absolute Gasteiger partial charge is 0.511 e. The number of fused-ring (bicyclic) bond motifs is 7. The number of aliphatic hydroxyl groups excluding tert-OH is 2. The topological polar surface area (TPSA) is 170 Å². The maximum Gasteiger partial charge on any atom is 0.233 e. The van der Waals surface area contributed by atoms with Crippen molar-refractivity contribution in [2.75, 3.05) is 7.11 Å². The Morgan fingerprint density at radius 3 is 2.24 bits per heavy atom. The maximum atomic E-state index is 14.1. The zero-order chi connectivity index (χ0) is 30.2. The van der Waals surface area contributed by atoms with E-state index >= 15 is 0 Å². The number of benzene rings is 1. The summed E-state index contributed by atoms with van der Waals surface area (Å²) < 4.78 is 23.1. The molecule has 1 aromatic heterocycles. The Morgan fingerprint density at radius 1 is 0.857 bits per heavy atom. The highest BCUT2D eigenvalue weighted by Crippen LogP contribution is 2.44. The molecule has 3 heterocycles. The second-order valence-electron chi connectivity index (χ2n) is 11.7. The summed E-state index contributed by atoms with van der Waals surface area (Å²) >= 11 is 0. The molecule has 6 atom stereocenters. The van der Waals surface area contributed by atoms with Crippen LogP contribution in [-0.4, -0.2) is 46.3 Å². The SMILES string of the molecule is COc1cc2c(c3oc4c(=O)c5c(=O)c6c(c(=O)c=5c(=O)c4c13)C(C)OC(C)C6)=C(O)C1(O)C(C)OC(C)CC1C=2O. The first-order valence-corrected chi connectivity index (χ1v) is 13.8. The molecule has 218 valence electrons. The van der Waals surface area contributed by atoms with Gasteiger partial charge >= 0.3 is 0 Å². The van der Waals surface area contributed by atoms with Crippen LogP contribution in [-0.2, 0) is 15.9 Å². The molecule has 2 aromatic rings. The van der Waals surface area contributed by atoms with Gasteiger partial charge in [0.1, 0.15) is 17.3 Å². The predicted molar refractivity (Wildman–Crippen MR) is 150 cm³/mol. The molecule has 42 heavy (non-hydrogen) atoms. The predicted octanol–water partition coefficient (Wildman–Crippen LogP) is 0.549. The molecule has 2 aliphatic heterocycles. The van der Waals surface area contributed by atoms with Gasteiger partial charge < -0.3 is 33.9 Å². The number of rotatable bonds is 1. The van der Waals surface area contributed by atoms with Gasteiger partial charge in [0.15, 0.2) is 27.6 Å². The number of hydrogen-bond donors (Lipinski definition) is 3. The number of methoxy groups -OCH3 is 1. The molecule has 1 saturated heterocycles. The molecule has 1 fully saturated rings. The maximum absolute atomic E-state index is 14.1. The van der Waals surface area contributed by atoms with Crippen molar-refractivity contribution in [2.45, 2.75) is 70.6 Å². The van der Waals surface area contributed by atoms with Crippen LogP contribution in [0.2, 0.25) is 0 Å². The Morgan fingerprint density at radius 2 is 1.55 bits per heavy atom. The van der Waals surface area contributed by atoms with E-state index in [1.807, 2.05) is 0 Å². The molecule has 0 amide bonds. The molecule has 7 rings (SSSR count). The summed E-state index contributed by atoms with van der Waals surface area (Å²) in [6.45, 7) is 6.71. The van der Waals surface area contributed by atoms with Crippen LogP contribution in [0, 0.1) is 16.4 Å². The van der Waals surface area contributed by atoms with Crippen molar-refractivity contribution in [2.24, 2.45) is 5.92 Å². The molecule has 11 nitrogen and oxygen atoms in total. The number of aliphatic hydroxyl groups is 3. The van der Waals surface area contributed by atoms with Gasteiger partial charge in [0.05, 0.1) is 63.9 Å². The van der Waals surface area contributed by atoms with Crippen LogP contribution in [0.15, 0.2) is 29.7 Å². The lowest BCUT2D eigenvalue weighted by Gasteiger charge is -2.47. The van der Waals surface area contributed by atoms with Crippen LogP contribution in [0.3, 0.4) is 0 Å². The Bertz CT molecular complexity index is 2290. The van der Waals surface area contributed by atoms with Crippen molar-refractivity contribution in [1.29, 1.82) is 0 Å². The van der Waals surface area contributed by atoms with Gasteiger partial charge in [0.2, 0.25) is 10.9 Å². The summed E-state index contributed by atoms with van der Waals surface area (Å²) in [6.07, 6.45) is -2.12. The summed E-state index contributed by atoms with van der Waals surface area (Å²) in [5.41, 5.74) is -5.91. The first kappa shape index (κ1) is 26.8. The van der Waals surface area contributed by atoms with Gasteiger partial charge in [-0.25, -0.2) is 0 Å². The van der Waals surface area contributed by atoms with Crippen molar-refractivity contribution in [1.82, 2.24) is 0 Å². The van der Waals surface area contributed by atoms with E-state index in [0.29, 0.717) is 0 Å². The molecule has 11 heteroatoms. The van der Waals surface area contributed by atoms with E-state index in [0.717, 1.165) is 0 Å². The fraction of sp³-hybridized carbons (Fsp3) is 0.419. The first-order chi connectivity index (χ1) is 19.8. The fourth-order valence-corrected chi connectivity index (χ4v) is 7.41. The zero-order valence-corrected chi connectivity index (χ0v) is 23.5. The van der Waals surface area contributed by atoms with Crippen LogP contribution in [0.4, 0.5) is 0 Å². The Labute approximate surface area is 235 Å². The molecule has 0 saturated carbocycles. The molecule has 0 radical (unpaired) electrons. The number of furan rings is 1. The summed E-state index contributed by atoms with van der Waals surface area (Å²) in [7, 11) is 1.31. The normalized spacial score (nSPS) is 29.1. The minimum absolute atomic E-state index is 0.0228. The highest BCUT2D eigenvalue weighted by Gasteiger charge is 2.55. The average molecular weight is 577 g/mol. The number of hydrogen-bond acceptors (Lipinski definition) is 11. The third-order valence-corrected chi connectivity index (χ3v) is 9.29. The summed E-state index contributed by atoms with van der Waals surface area (Å²) in [6, 6.07) is 1.39. The van der Waals surface area contributed by atoms with Gasteiger partial charge in [0, 0.05) is 22.8 Å². The molecule has 0 spiro atoms. The Balaban J connectivity index is 1.74. The monoisotopic (exact) mass is 576 g/mol. The van der Waals surface area contributed by atoms with Crippen molar-refractivity contribution in [3.8, 4) is 5.75 Å². The second kappa shape index (κ2) is 8.50. The highest BCUT2D eigenvalue weighted by atomic mass is 16.5. The summed E-state index contributed by atoms with van der Waals surface area (Å²) in [4.78, 5) is 55.3. The van der Waals surface area contributed by atoms with Crippen LogP contribution >= 0.6 is 0 Å². The first-order valence-electron chi connectivity index (χ1n) is 13.8. The van der Waals surface area contributed by atoms with Crippen LogP contribution in [0.1, 0.15) is 51.3 Å². The molecule has 3 N–H and O–H groups in total. The summed E-state index contributed by atoms with van der Waals surface area (Å²) in [5, 5.41) is 33.2. The van der Waals surface area contributed by atoms with E-state index in [1.165, 1.54) is 13.2 Å². The van der Waals surface area contributed by atoms with E-state index in [-0.39, 0.29) is 74.5 Å². The molecule has 0 bridgehead atoms. The third kappa shape index (κ3) is 3.05. The fourth-order valence-electron chi connectivity index (χ4n) is 7.41. The van der Waals surface area contributed by atoms with Crippen LogP contribution < -0.4 is 36.9 Å². The van der Waals surface area contributed by atoms with Gasteiger partial charge in [-0.3, -0.25) is 19.2 Å². The molecule has 5 aliphatic rings. The van der Waals surface area contributed by atoms with E-state index in [4.69, 9.17) is 18.6 Å². The Hall–Kier alpha value is -4.06. The standard InChI is InChI=1S/C31H28O11/c1-9-6-13-17(11(3)40-9)25(34)21-20(24(13)33)27(36)29-22(26(21)35)19-16(39-5)8-14-18(28(19)42-29)30(37)31(38)12(4)41-10(2)7-15(31)23(14)32/h8-12,15,32,37-38H,6-7H2,1-5H3. The lowest BCUT2D eigenvalue weighted by atomic mass is 9.71. The lowest BCUT2D eigenvalue weighted by Crippen LogP contribution is -2.61.